The van der Waals surface area contributed by atoms with Crippen molar-refractivity contribution < 1.29 is 102 Å². The van der Waals surface area contributed by atoms with Crippen LogP contribution in [0.15, 0.2) is 24.3 Å². The van der Waals surface area contributed by atoms with Gasteiger partial charge < -0.3 is 78.1 Å². The molecule has 0 aliphatic carbocycles. The summed E-state index contributed by atoms with van der Waals surface area (Å²) in [5, 5.41) is 52.6. The van der Waals surface area contributed by atoms with Crippen molar-refractivity contribution in [2.75, 3.05) is 13.1 Å². The zero-order chi connectivity index (χ0) is 62.5. The minimum Gasteiger partial charge on any atom is -0.481 e. The molecule has 0 unspecified atom stereocenters. The van der Waals surface area contributed by atoms with Crippen molar-refractivity contribution in [3.8, 4) is 5.75 Å². The third kappa shape index (κ3) is 22.5. The fourth-order valence-electron chi connectivity index (χ4n) is 9.30. The number of benzene rings is 1. The van der Waals surface area contributed by atoms with Crippen LogP contribution in [0, 0.1) is 11.8 Å². The number of phosphoric ester groups is 1. The molecule has 0 bridgehead atoms. The number of carboxylic acid groups (broad SMARTS) is 4. The number of nitrogens with one attached hydrogen (secondary N) is 6. The van der Waals surface area contributed by atoms with Gasteiger partial charge in [0.25, 0.3) is 0 Å². The van der Waals surface area contributed by atoms with E-state index in [-0.39, 0.29) is 57.4 Å². The van der Waals surface area contributed by atoms with E-state index in [1.54, 1.807) is 27.7 Å². The van der Waals surface area contributed by atoms with Gasteiger partial charge in [0.2, 0.25) is 53.2 Å². The average Bonchev–Trinajstić information content (AvgIpc) is 4.28. The summed E-state index contributed by atoms with van der Waals surface area (Å²) in [6, 6.07) is -7.80. The highest BCUT2D eigenvalue weighted by molar-refractivity contribution is 7.46. The first kappa shape index (κ1) is 69.5. The minimum atomic E-state index is -4.83. The normalized spacial score (nSPS) is 18.3. The average molecular weight is 1200 g/mol. The van der Waals surface area contributed by atoms with Gasteiger partial charge >= 0.3 is 31.7 Å². The Bertz CT molecular complexity index is 2580. The lowest BCUT2D eigenvalue weighted by Crippen LogP contribution is -2.61. The molecule has 1 aromatic carbocycles. The summed E-state index contributed by atoms with van der Waals surface area (Å²) in [4.78, 5) is 191. The van der Waals surface area contributed by atoms with E-state index in [1.807, 2.05) is 0 Å². The van der Waals surface area contributed by atoms with Crippen molar-refractivity contribution in [1.82, 2.24) is 41.7 Å². The number of rotatable bonds is 35. The molecular formula is C51H77N10O21P. The maximum absolute atomic E-state index is 14.4. The molecule has 2 aliphatic heterocycles. The quantitative estimate of drug-likeness (QED) is 0.0326. The molecular weight excluding hydrogens is 1120 g/mol. The van der Waals surface area contributed by atoms with Crippen LogP contribution in [0.4, 0.5) is 0 Å². The molecule has 2 saturated heterocycles. The van der Waals surface area contributed by atoms with Crippen molar-refractivity contribution >= 4 is 84.9 Å². The lowest BCUT2D eigenvalue weighted by atomic mass is 9.95. The first-order valence-corrected chi connectivity index (χ1v) is 28.6. The molecule has 16 N–H and O–H groups in total. The Kier molecular flexibility index (Phi) is 27.4. The van der Waals surface area contributed by atoms with E-state index in [1.165, 1.54) is 29.2 Å². The first-order chi connectivity index (χ1) is 38.9. The van der Waals surface area contributed by atoms with Crippen LogP contribution in [0.25, 0.3) is 0 Å². The Balaban J connectivity index is 1.84. The number of nitrogens with zero attached hydrogens (tertiary/aromatic N) is 2. The van der Waals surface area contributed by atoms with Gasteiger partial charge in [0.05, 0.1) is 6.04 Å². The van der Waals surface area contributed by atoms with Crippen LogP contribution in [-0.2, 0) is 73.3 Å². The van der Waals surface area contributed by atoms with Crippen molar-refractivity contribution in [3.63, 3.8) is 0 Å². The number of carbonyl (C=O) groups excluding carboxylic acids is 9. The Hall–Kier alpha value is -7.76. The molecule has 2 aliphatic rings. The maximum atomic E-state index is 14.4. The van der Waals surface area contributed by atoms with Crippen LogP contribution in [0.1, 0.15) is 123 Å². The van der Waals surface area contributed by atoms with Crippen molar-refractivity contribution in [2.24, 2.45) is 23.3 Å². The summed E-state index contributed by atoms with van der Waals surface area (Å²) in [6.45, 7) is 6.40. The summed E-state index contributed by atoms with van der Waals surface area (Å²) in [6.07, 6.45) is -3.29. The number of carbonyl (C=O) groups is 13. The molecule has 9 amide bonds. The third-order valence-electron chi connectivity index (χ3n) is 14.3. The summed E-state index contributed by atoms with van der Waals surface area (Å²) < 4.78 is 15.7. The number of amides is 9. The fraction of sp³-hybridized carbons (Fsp3) is 0.627. The Morgan fingerprint density at radius 1 is 0.578 bits per heavy atom. The van der Waals surface area contributed by atoms with Gasteiger partial charge in [0.1, 0.15) is 54.1 Å². The molecule has 0 radical (unpaired) electrons. The van der Waals surface area contributed by atoms with Gasteiger partial charge in [0, 0.05) is 38.8 Å². The zero-order valence-electron chi connectivity index (χ0n) is 46.5. The second kappa shape index (κ2) is 32.8. The highest BCUT2D eigenvalue weighted by atomic mass is 31.2. The van der Waals surface area contributed by atoms with E-state index < -0.39 is 202 Å². The lowest BCUT2D eigenvalue weighted by molar-refractivity contribution is -0.145. The predicted molar refractivity (Wildman–Crippen MR) is 287 cm³/mol. The van der Waals surface area contributed by atoms with Crippen molar-refractivity contribution in [1.29, 1.82) is 0 Å². The fourth-order valence-corrected chi connectivity index (χ4v) is 9.69. The number of hydrogen-bond acceptors (Lipinski definition) is 16. The number of phosphoric acid groups is 1. The van der Waals surface area contributed by atoms with E-state index in [9.17, 15) is 82.2 Å². The van der Waals surface area contributed by atoms with Crippen LogP contribution in [0.5, 0.6) is 5.75 Å². The van der Waals surface area contributed by atoms with Gasteiger partial charge in [-0.05, 0) is 87.3 Å². The summed E-state index contributed by atoms with van der Waals surface area (Å²) >= 11 is 0. The Morgan fingerprint density at radius 2 is 0.976 bits per heavy atom. The molecule has 0 spiro atoms. The molecule has 31 nitrogen and oxygen atoms in total. The molecule has 11 atom stereocenters. The van der Waals surface area contributed by atoms with Gasteiger partial charge in [0.15, 0.2) is 0 Å². The molecule has 3 rings (SSSR count). The molecule has 2 heterocycles. The number of carboxylic acids is 4. The number of nitrogens with two attached hydrogens (primary N) is 2. The van der Waals surface area contributed by atoms with E-state index in [0.717, 1.165) is 4.90 Å². The molecule has 0 aromatic heterocycles. The van der Waals surface area contributed by atoms with Gasteiger partial charge in [-0.1, -0.05) is 52.7 Å². The van der Waals surface area contributed by atoms with Gasteiger partial charge in [-0.2, -0.15) is 0 Å². The number of likely N-dealkylation sites (tertiary alicyclic amines) is 2. The summed E-state index contributed by atoms with van der Waals surface area (Å²) in [7, 11) is -4.83. The molecule has 32 heteroatoms. The predicted octanol–water partition coefficient (Wildman–Crippen LogP) is -2.04. The van der Waals surface area contributed by atoms with E-state index in [2.05, 4.69) is 36.4 Å². The molecule has 83 heavy (non-hydrogen) atoms. The van der Waals surface area contributed by atoms with Crippen LogP contribution < -0.4 is 47.9 Å². The van der Waals surface area contributed by atoms with Crippen LogP contribution in [0.3, 0.4) is 0 Å². The molecule has 0 saturated carbocycles. The maximum Gasteiger partial charge on any atom is 0.524 e. The largest absolute Gasteiger partial charge is 0.524 e. The van der Waals surface area contributed by atoms with E-state index in [0.29, 0.717) is 12.0 Å². The highest BCUT2D eigenvalue weighted by Gasteiger charge is 2.43. The van der Waals surface area contributed by atoms with Gasteiger partial charge in [-0.15, -0.1) is 0 Å². The van der Waals surface area contributed by atoms with Crippen molar-refractivity contribution in [3.05, 3.63) is 29.8 Å². The Morgan fingerprint density at radius 3 is 1.40 bits per heavy atom. The van der Waals surface area contributed by atoms with Crippen LogP contribution in [-0.4, -0.2) is 185 Å². The Labute approximate surface area is 477 Å². The second-order valence-electron chi connectivity index (χ2n) is 20.5. The second-order valence-corrected chi connectivity index (χ2v) is 21.7. The number of primary amides is 1. The topological polar surface area (TPSA) is 500 Å². The number of aliphatic carboxylic acids is 4. The van der Waals surface area contributed by atoms with Crippen LogP contribution in [0.2, 0.25) is 0 Å². The zero-order valence-corrected chi connectivity index (χ0v) is 47.4. The van der Waals surface area contributed by atoms with Crippen LogP contribution >= 0.6 is 7.82 Å². The molecule has 1 aromatic rings. The smallest absolute Gasteiger partial charge is 0.481 e. The van der Waals surface area contributed by atoms with E-state index >= 15 is 0 Å². The monoisotopic (exact) mass is 1200 g/mol. The van der Waals surface area contributed by atoms with E-state index in [4.69, 9.17) is 26.4 Å². The summed E-state index contributed by atoms with van der Waals surface area (Å²) in [5.74, 6) is -15.5. The highest BCUT2D eigenvalue weighted by Crippen LogP contribution is 2.37. The van der Waals surface area contributed by atoms with Gasteiger partial charge in [-0.25, -0.2) is 9.36 Å². The standard InChI is InChI=1S/C51H77N10O21P/c1-5-26(3)41(47(73)55-31(15-19-37(53)62)43(69)59-42(27(4)6-2)48(74)57-34(51(77)78)18-22-40(67)68)58-44(70)32(16-20-38(63)64)54-45(71)36-10-8-24-61(36)50(76)33(17-21-39(65)66)56-46(72)35-9-7-23-60(35)49(75)30(52)25-28-11-13-29(14-12-28)82-83(79,80)81/h11-14,26-27,30-36,41-42H,5-10,15-25,52H2,1-4H3,(H2,53,62)(H,54,71)(H,55,73)(H,56,72)(H,57,74)(H,58,70)(H,59,69)(H,63,64)(H,65,66)(H,67,68)(H,77,78)(H2,79,80,81)/t26-,27-,30-,31-,32-,33-,34-,35-,36-,41-,42-/m0/s1. The third-order valence-corrected chi connectivity index (χ3v) is 14.7. The lowest BCUT2D eigenvalue weighted by Gasteiger charge is -2.32. The summed E-state index contributed by atoms with van der Waals surface area (Å²) in [5.41, 5.74) is 12.1. The first-order valence-electron chi connectivity index (χ1n) is 27.1. The van der Waals surface area contributed by atoms with Crippen molar-refractivity contribution in [2.45, 2.75) is 178 Å². The molecule has 2 fully saturated rings. The molecule has 462 valence electrons. The van der Waals surface area contributed by atoms with Gasteiger partial charge in [-0.3, -0.25) is 67.3 Å². The number of hydrogen-bond donors (Lipinski definition) is 14. The minimum absolute atomic E-state index is 0.0102. The SMILES string of the molecule is CC[C@H](C)[C@H](NC(=O)[C@H](CCC(N)=O)NC(=O)[C@@H](NC(=O)[C@H](CCC(=O)O)NC(=O)[C@@H]1CCCN1C(=O)[C@H](CCC(=O)O)NC(=O)[C@@H]1CCCN1C(=O)[C@@H](N)Cc1ccc(OP(=O)(O)O)cc1)[C@@H](C)CC)C(=O)N[C@@H](CCC(=O)O)C(=O)O.